The van der Waals surface area contributed by atoms with Crippen LogP contribution < -0.4 is 5.73 Å². The minimum Gasteiger partial charge on any atom is -0.389 e. The molecule has 1 saturated heterocycles. The zero-order chi connectivity index (χ0) is 12.5. The van der Waals surface area contributed by atoms with Gasteiger partial charge in [-0.05, 0) is 18.9 Å². The lowest BCUT2D eigenvalue weighted by atomic mass is 10.1. The standard InChI is InChI=1S/C13H18N2OS/c1-13(16)6-7-15(9-13)8-10-2-4-11(5-3-10)12(14)17/h2-5,16H,6-9H2,1H3,(H2,14,17). The van der Waals surface area contributed by atoms with E-state index in [1.54, 1.807) is 0 Å². The molecule has 1 aliphatic rings. The molecule has 1 aliphatic heterocycles. The van der Waals surface area contributed by atoms with E-state index in [0.717, 1.165) is 31.6 Å². The van der Waals surface area contributed by atoms with E-state index >= 15 is 0 Å². The van der Waals surface area contributed by atoms with Crippen molar-refractivity contribution in [2.24, 2.45) is 5.73 Å². The van der Waals surface area contributed by atoms with Gasteiger partial charge in [-0.25, -0.2) is 0 Å². The molecule has 2 rings (SSSR count). The second-order valence-corrected chi connectivity index (χ2v) is 5.46. The SMILES string of the molecule is CC1(O)CCN(Cc2ccc(C(N)=S)cc2)C1. The van der Waals surface area contributed by atoms with Crippen molar-refractivity contribution in [1.82, 2.24) is 4.90 Å². The van der Waals surface area contributed by atoms with Crippen LogP contribution in [0.4, 0.5) is 0 Å². The molecular weight excluding hydrogens is 232 g/mol. The van der Waals surface area contributed by atoms with Crippen LogP contribution in [0.3, 0.4) is 0 Å². The third-order valence-electron chi connectivity index (χ3n) is 3.18. The van der Waals surface area contributed by atoms with Gasteiger partial charge >= 0.3 is 0 Å². The summed E-state index contributed by atoms with van der Waals surface area (Å²) in [4.78, 5) is 2.69. The van der Waals surface area contributed by atoms with E-state index in [2.05, 4.69) is 4.90 Å². The number of β-amino-alcohol motifs (C(OH)–C–C–N with tert-alkyl or cyclic N) is 1. The highest BCUT2D eigenvalue weighted by molar-refractivity contribution is 7.80. The van der Waals surface area contributed by atoms with E-state index in [0.29, 0.717) is 4.99 Å². The van der Waals surface area contributed by atoms with Crippen molar-refractivity contribution in [1.29, 1.82) is 0 Å². The van der Waals surface area contributed by atoms with Crippen LogP contribution in [0.2, 0.25) is 0 Å². The van der Waals surface area contributed by atoms with E-state index in [1.807, 2.05) is 31.2 Å². The van der Waals surface area contributed by atoms with Gasteiger partial charge in [0.25, 0.3) is 0 Å². The van der Waals surface area contributed by atoms with Crippen molar-refractivity contribution in [3.8, 4) is 0 Å². The summed E-state index contributed by atoms with van der Waals surface area (Å²) in [5, 5.41) is 9.88. The lowest BCUT2D eigenvalue weighted by Crippen LogP contribution is -2.29. The maximum Gasteiger partial charge on any atom is 0.103 e. The van der Waals surface area contributed by atoms with Crippen molar-refractivity contribution in [2.75, 3.05) is 13.1 Å². The van der Waals surface area contributed by atoms with E-state index in [9.17, 15) is 5.11 Å². The van der Waals surface area contributed by atoms with E-state index in [1.165, 1.54) is 5.56 Å². The van der Waals surface area contributed by atoms with E-state index in [-0.39, 0.29) is 0 Å². The molecular formula is C13H18N2OS. The maximum atomic E-state index is 9.88. The Morgan fingerprint density at radius 1 is 1.47 bits per heavy atom. The molecule has 1 unspecified atom stereocenters. The van der Waals surface area contributed by atoms with Crippen LogP contribution in [0.5, 0.6) is 0 Å². The Kier molecular flexibility index (Phi) is 3.47. The van der Waals surface area contributed by atoms with Crippen LogP contribution in [0, 0.1) is 0 Å². The summed E-state index contributed by atoms with van der Waals surface area (Å²) in [7, 11) is 0. The fourth-order valence-corrected chi connectivity index (χ4v) is 2.34. The van der Waals surface area contributed by atoms with Crippen molar-refractivity contribution in [3.63, 3.8) is 0 Å². The summed E-state index contributed by atoms with van der Waals surface area (Å²) < 4.78 is 0. The fourth-order valence-electron chi connectivity index (χ4n) is 2.21. The minimum atomic E-state index is -0.529. The first-order chi connectivity index (χ1) is 7.96. The summed E-state index contributed by atoms with van der Waals surface area (Å²) in [6.45, 7) is 4.45. The quantitative estimate of drug-likeness (QED) is 0.793. The molecule has 1 heterocycles. The molecule has 3 nitrogen and oxygen atoms in total. The maximum absolute atomic E-state index is 9.88. The zero-order valence-corrected chi connectivity index (χ0v) is 10.8. The average molecular weight is 250 g/mol. The van der Waals surface area contributed by atoms with Gasteiger partial charge < -0.3 is 10.8 Å². The highest BCUT2D eigenvalue weighted by Crippen LogP contribution is 2.22. The number of nitrogens with zero attached hydrogens (tertiary/aromatic N) is 1. The van der Waals surface area contributed by atoms with Gasteiger partial charge in [-0.2, -0.15) is 0 Å². The molecule has 17 heavy (non-hydrogen) atoms. The summed E-state index contributed by atoms with van der Waals surface area (Å²) in [6.07, 6.45) is 0.845. The first-order valence-corrected chi connectivity index (χ1v) is 6.21. The predicted molar refractivity (Wildman–Crippen MR) is 72.8 cm³/mol. The van der Waals surface area contributed by atoms with Gasteiger partial charge in [0.05, 0.1) is 5.60 Å². The topological polar surface area (TPSA) is 49.5 Å². The van der Waals surface area contributed by atoms with Crippen molar-refractivity contribution in [2.45, 2.75) is 25.5 Å². The van der Waals surface area contributed by atoms with Crippen LogP contribution in [0.15, 0.2) is 24.3 Å². The molecule has 4 heteroatoms. The lowest BCUT2D eigenvalue weighted by molar-refractivity contribution is 0.0679. The van der Waals surface area contributed by atoms with Gasteiger partial charge in [-0.3, -0.25) is 4.90 Å². The predicted octanol–water partition coefficient (Wildman–Crippen LogP) is 1.28. The monoisotopic (exact) mass is 250 g/mol. The fraction of sp³-hybridized carbons (Fsp3) is 0.462. The second kappa shape index (κ2) is 4.72. The summed E-state index contributed by atoms with van der Waals surface area (Å²) in [6, 6.07) is 7.99. The van der Waals surface area contributed by atoms with E-state index < -0.39 is 5.60 Å². The Bertz CT molecular complexity index is 414. The van der Waals surface area contributed by atoms with Crippen molar-refractivity contribution >= 4 is 17.2 Å². The van der Waals surface area contributed by atoms with Gasteiger partial charge in [0.2, 0.25) is 0 Å². The Balaban J connectivity index is 1.98. The van der Waals surface area contributed by atoms with Crippen LogP contribution in [-0.4, -0.2) is 33.7 Å². The Labute approximate surface area is 107 Å². The van der Waals surface area contributed by atoms with Crippen LogP contribution >= 0.6 is 12.2 Å². The average Bonchev–Trinajstić information content (AvgIpc) is 2.59. The largest absolute Gasteiger partial charge is 0.389 e. The highest BCUT2D eigenvalue weighted by atomic mass is 32.1. The normalized spacial score (nSPS) is 25.1. The lowest BCUT2D eigenvalue weighted by Gasteiger charge is -2.18. The molecule has 0 aliphatic carbocycles. The van der Waals surface area contributed by atoms with Crippen LogP contribution in [0.1, 0.15) is 24.5 Å². The highest BCUT2D eigenvalue weighted by Gasteiger charge is 2.30. The Hall–Kier alpha value is -0.970. The first-order valence-electron chi connectivity index (χ1n) is 5.80. The molecule has 0 spiro atoms. The molecule has 1 aromatic carbocycles. The number of hydrogen-bond donors (Lipinski definition) is 2. The number of aliphatic hydroxyl groups is 1. The molecule has 0 amide bonds. The molecule has 1 atom stereocenters. The second-order valence-electron chi connectivity index (χ2n) is 5.02. The molecule has 0 bridgehead atoms. The zero-order valence-electron chi connectivity index (χ0n) is 10.0. The van der Waals surface area contributed by atoms with Crippen molar-refractivity contribution in [3.05, 3.63) is 35.4 Å². The van der Waals surface area contributed by atoms with Crippen molar-refractivity contribution < 1.29 is 5.11 Å². The number of likely N-dealkylation sites (tertiary alicyclic amines) is 1. The summed E-state index contributed by atoms with van der Waals surface area (Å²) in [5.41, 5.74) is 7.15. The number of rotatable bonds is 3. The molecule has 1 aromatic rings. The van der Waals surface area contributed by atoms with E-state index in [4.69, 9.17) is 18.0 Å². The molecule has 3 N–H and O–H groups in total. The number of benzene rings is 1. The Morgan fingerprint density at radius 2 is 2.12 bits per heavy atom. The number of thiocarbonyl (C=S) groups is 1. The van der Waals surface area contributed by atoms with Gasteiger partial charge in [-0.1, -0.05) is 36.5 Å². The summed E-state index contributed by atoms with van der Waals surface area (Å²) in [5.74, 6) is 0. The van der Waals surface area contributed by atoms with Gasteiger partial charge in [-0.15, -0.1) is 0 Å². The third kappa shape index (κ3) is 3.25. The number of hydrogen-bond acceptors (Lipinski definition) is 3. The molecule has 0 saturated carbocycles. The van der Waals surface area contributed by atoms with Crippen LogP contribution in [0.25, 0.3) is 0 Å². The minimum absolute atomic E-state index is 0.431. The molecule has 1 fully saturated rings. The van der Waals surface area contributed by atoms with Gasteiger partial charge in [0.15, 0.2) is 0 Å². The van der Waals surface area contributed by atoms with Crippen LogP contribution in [-0.2, 0) is 6.54 Å². The smallest absolute Gasteiger partial charge is 0.103 e. The van der Waals surface area contributed by atoms with Gasteiger partial charge in [0, 0.05) is 25.2 Å². The molecule has 92 valence electrons. The Morgan fingerprint density at radius 3 is 2.59 bits per heavy atom. The summed E-state index contributed by atoms with van der Waals surface area (Å²) >= 11 is 4.91. The van der Waals surface area contributed by atoms with Gasteiger partial charge in [0.1, 0.15) is 4.99 Å². The first kappa shape index (κ1) is 12.5. The number of nitrogens with two attached hydrogens (primary N) is 1. The molecule has 0 aromatic heterocycles. The third-order valence-corrected chi connectivity index (χ3v) is 3.41. The molecule has 0 radical (unpaired) electrons.